The van der Waals surface area contributed by atoms with Gasteiger partial charge in [-0.3, -0.25) is 4.79 Å². The van der Waals surface area contributed by atoms with Crippen LogP contribution in [0.5, 0.6) is 0 Å². The number of nitrogens with one attached hydrogen (secondary N) is 1. The summed E-state index contributed by atoms with van der Waals surface area (Å²) in [5, 5.41) is 2.73. The lowest BCUT2D eigenvalue weighted by Gasteiger charge is -2.20. The van der Waals surface area contributed by atoms with Crippen molar-refractivity contribution in [3.63, 3.8) is 0 Å². The van der Waals surface area contributed by atoms with Gasteiger partial charge in [0.05, 0.1) is 13.2 Å². The molecule has 0 spiro atoms. The SMILES string of the molecule is COC(=O)NC(/C(=C/c1ccccc1)C(C)=O)c1ccccc1. The maximum atomic E-state index is 12.2. The zero-order chi connectivity index (χ0) is 16.7. The van der Waals surface area contributed by atoms with E-state index in [4.69, 9.17) is 4.74 Å². The van der Waals surface area contributed by atoms with Crippen LogP contribution >= 0.6 is 0 Å². The lowest BCUT2D eigenvalue weighted by molar-refractivity contribution is -0.113. The Morgan fingerprint density at radius 3 is 2.09 bits per heavy atom. The summed E-state index contributed by atoms with van der Waals surface area (Å²) in [4.78, 5) is 23.9. The molecule has 0 aliphatic rings. The summed E-state index contributed by atoms with van der Waals surface area (Å²) < 4.78 is 4.69. The lowest BCUT2D eigenvalue weighted by atomic mass is 9.94. The molecule has 2 aromatic rings. The summed E-state index contributed by atoms with van der Waals surface area (Å²) in [5.41, 5.74) is 2.20. The van der Waals surface area contributed by atoms with Crippen LogP contribution in [0.15, 0.2) is 66.2 Å². The molecule has 4 heteroatoms. The monoisotopic (exact) mass is 309 g/mol. The van der Waals surface area contributed by atoms with Crippen molar-refractivity contribution in [2.24, 2.45) is 0 Å². The summed E-state index contributed by atoms with van der Waals surface area (Å²) in [6.45, 7) is 1.49. The molecule has 23 heavy (non-hydrogen) atoms. The number of amides is 1. The largest absolute Gasteiger partial charge is 0.453 e. The molecular formula is C19H19NO3. The number of rotatable bonds is 5. The third kappa shape index (κ3) is 4.54. The van der Waals surface area contributed by atoms with Crippen molar-refractivity contribution in [3.8, 4) is 0 Å². The van der Waals surface area contributed by atoms with E-state index >= 15 is 0 Å². The number of ether oxygens (including phenoxy) is 1. The van der Waals surface area contributed by atoms with Gasteiger partial charge in [-0.05, 0) is 24.1 Å². The first-order chi connectivity index (χ1) is 11.1. The molecule has 118 valence electrons. The average Bonchev–Trinajstić information content (AvgIpc) is 2.59. The molecule has 0 radical (unpaired) electrons. The number of Topliss-reactive ketones (excluding diaryl/α,β-unsaturated/α-hetero) is 1. The van der Waals surface area contributed by atoms with E-state index in [-0.39, 0.29) is 5.78 Å². The number of carbonyl (C=O) groups excluding carboxylic acids is 2. The van der Waals surface area contributed by atoms with E-state index in [2.05, 4.69) is 5.32 Å². The fraction of sp³-hybridized carbons (Fsp3) is 0.158. The van der Waals surface area contributed by atoms with Gasteiger partial charge >= 0.3 is 6.09 Å². The third-order valence-corrected chi connectivity index (χ3v) is 3.42. The second-order valence-corrected chi connectivity index (χ2v) is 5.05. The number of alkyl carbamates (subject to hydrolysis) is 1. The van der Waals surface area contributed by atoms with Crippen molar-refractivity contribution in [1.29, 1.82) is 0 Å². The first-order valence-corrected chi connectivity index (χ1v) is 7.29. The van der Waals surface area contributed by atoms with Gasteiger partial charge in [0.25, 0.3) is 0 Å². The Labute approximate surface area is 135 Å². The fourth-order valence-electron chi connectivity index (χ4n) is 2.28. The molecule has 1 unspecified atom stereocenters. The maximum absolute atomic E-state index is 12.2. The fourth-order valence-corrected chi connectivity index (χ4v) is 2.28. The van der Waals surface area contributed by atoms with Crippen LogP contribution in [-0.4, -0.2) is 19.0 Å². The van der Waals surface area contributed by atoms with Crippen molar-refractivity contribution in [1.82, 2.24) is 5.32 Å². The lowest BCUT2D eigenvalue weighted by Crippen LogP contribution is -2.31. The smallest absolute Gasteiger partial charge is 0.407 e. The molecule has 1 amide bonds. The van der Waals surface area contributed by atoms with Crippen molar-refractivity contribution < 1.29 is 14.3 Å². The van der Waals surface area contributed by atoms with Crippen LogP contribution in [0.3, 0.4) is 0 Å². The Bertz CT molecular complexity index is 693. The van der Waals surface area contributed by atoms with Gasteiger partial charge < -0.3 is 10.1 Å². The number of hydrogen-bond acceptors (Lipinski definition) is 3. The summed E-state index contributed by atoms with van der Waals surface area (Å²) in [7, 11) is 1.30. The minimum atomic E-state index is -0.584. The normalized spacial score (nSPS) is 12.3. The minimum absolute atomic E-state index is 0.112. The molecule has 0 aliphatic heterocycles. The van der Waals surface area contributed by atoms with E-state index in [1.807, 2.05) is 60.7 Å². The Balaban J connectivity index is 2.47. The van der Waals surface area contributed by atoms with Crippen molar-refractivity contribution >= 4 is 18.0 Å². The standard InChI is InChI=1S/C19H19NO3/c1-14(21)17(13-15-9-5-3-6-10-15)18(20-19(22)23-2)16-11-7-4-8-12-16/h3-13,18H,1-2H3,(H,20,22)/b17-13+. The molecule has 1 N–H and O–H groups in total. The van der Waals surface area contributed by atoms with Gasteiger partial charge in [0.1, 0.15) is 0 Å². The minimum Gasteiger partial charge on any atom is -0.453 e. The van der Waals surface area contributed by atoms with Crippen LogP contribution in [0.4, 0.5) is 4.79 Å². The predicted octanol–water partition coefficient (Wildman–Crippen LogP) is 3.76. The van der Waals surface area contributed by atoms with Crippen molar-refractivity contribution in [2.45, 2.75) is 13.0 Å². The van der Waals surface area contributed by atoms with Crippen molar-refractivity contribution in [3.05, 3.63) is 77.4 Å². The molecule has 2 rings (SSSR count). The van der Waals surface area contributed by atoms with Gasteiger partial charge in [-0.15, -0.1) is 0 Å². The van der Waals surface area contributed by atoms with Gasteiger partial charge in [-0.2, -0.15) is 0 Å². The van der Waals surface area contributed by atoms with Gasteiger partial charge in [0, 0.05) is 5.57 Å². The highest BCUT2D eigenvalue weighted by Crippen LogP contribution is 2.25. The highest BCUT2D eigenvalue weighted by molar-refractivity contribution is 5.99. The zero-order valence-electron chi connectivity index (χ0n) is 13.2. The summed E-state index contributed by atoms with van der Waals surface area (Å²) in [6.07, 6.45) is 1.20. The average molecular weight is 309 g/mol. The van der Waals surface area contributed by atoms with Gasteiger partial charge in [-0.25, -0.2) is 4.79 Å². The van der Waals surface area contributed by atoms with Crippen LogP contribution in [0, 0.1) is 0 Å². The van der Waals surface area contributed by atoms with E-state index in [1.165, 1.54) is 14.0 Å². The first-order valence-electron chi connectivity index (χ1n) is 7.29. The Morgan fingerprint density at radius 2 is 1.57 bits per heavy atom. The Kier molecular flexibility index (Phi) is 5.69. The maximum Gasteiger partial charge on any atom is 0.407 e. The van der Waals surface area contributed by atoms with E-state index in [0.29, 0.717) is 5.57 Å². The number of carbonyl (C=O) groups is 2. The summed E-state index contributed by atoms with van der Waals surface area (Å²) in [5.74, 6) is -0.112. The van der Waals surface area contributed by atoms with E-state index in [1.54, 1.807) is 6.08 Å². The first kappa shape index (κ1) is 16.5. The molecule has 2 aromatic carbocycles. The van der Waals surface area contributed by atoms with Crippen LogP contribution in [-0.2, 0) is 9.53 Å². The molecular weight excluding hydrogens is 290 g/mol. The molecule has 0 fully saturated rings. The molecule has 4 nitrogen and oxygen atoms in total. The number of methoxy groups -OCH3 is 1. The van der Waals surface area contributed by atoms with Crippen LogP contribution in [0.1, 0.15) is 24.1 Å². The molecule has 0 aromatic heterocycles. The van der Waals surface area contributed by atoms with E-state index in [9.17, 15) is 9.59 Å². The van der Waals surface area contributed by atoms with Gasteiger partial charge in [-0.1, -0.05) is 60.7 Å². The number of ketones is 1. The molecule has 0 aliphatic carbocycles. The number of hydrogen-bond donors (Lipinski definition) is 1. The molecule has 0 saturated carbocycles. The predicted molar refractivity (Wildman–Crippen MR) is 89.8 cm³/mol. The quantitative estimate of drug-likeness (QED) is 0.856. The zero-order valence-corrected chi connectivity index (χ0v) is 13.2. The van der Waals surface area contributed by atoms with Crippen LogP contribution in [0.2, 0.25) is 0 Å². The van der Waals surface area contributed by atoms with Gasteiger partial charge in [0.15, 0.2) is 5.78 Å². The second-order valence-electron chi connectivity index (χ2n) is 5.05. The van der Waals surface area contributed by atoms with Crippen molar-refractivity contribution in [2.75, 3.05) is 7.11 Å². The second kappa shape index (κ2) is 7.94. The molecule has 1 atom stereocenters. The van der Waals surface area contributed by atoms with E-state index < -0.39 is 12.1 Å². The summed E-state index contributed by atoms with van der Waals surface area (Å²) >= 11 is 0. The molecule has 0 bridgehead atoms. The molecule has 0 heterocycles. The van der Waals surface area contributed by atoms with Crippen LogP contribution in [0.25, 0.3) is 6.08 Å². The highest BCUT2D eigenvalue weighted by Gasteiger charge is 2.22. The van der Waals surface area contributed by atoms with E-state index in [0.717, 1.165) is 11.1 Å². The molecule has 0 saturated heterocycles. The topological polar surface area (TPSA) is 55.4 Å². The van der Waals surface area contributed by atoms with Gasteiger partial charge in [0.2, 0.25) is 0 Å². The summed E-state index contributed by atoms with van der Waals surface area (Å²) in [6, 6.07) is 18.3. The highest BCUT2D eigenvalue weighted by atomic mass is 16.5. The third-order valence-electron chi connectivity index (χ3n) is 3.42. The Morgan fingerprint density at radius 1 is 1.00 bits per heavy atom. The number of benzene rings is 2. The van der Waals surface area contributed by atoms with Crippen LogP contribution < -0.4 is 5.32 Å². The Hall–Kier alpha value is -2.88.